The number of ether oxygens (including phenoxy) is 1. The van der Waals surface area contributed by atoms with Crippen LogP contribution >= 0.6 is 0 Å². The topological polar surface area (TPSA) is 138 Å². The first-order chi connectivity index (χ1) is 11.7. The summed E-state index contributed by atoms with van der Waals surface area (Å²) in [5.41, 5.74) is -2.19. The van der Waals surface area contributed by atoms with Crippen LogP contribution in [0.4, 0.5) is 0 Å². The molecule has 0 atom stereocenters. The maximum absolute atomic E-state index is 11.7. The molecule has 0 heterocycles. The molecule has 134 valence electrons. The fraction of sp³-hybridized carbons (Fsp3) is 0.294. The molecule has 0 spiro atoms. The molecule has 0 bridgehead atoms. The standard InChI is InChI=1S/C17H18O8/c1-4-6-7-9-8(3)11(15(19)20)12(16(21)22)13(17(23)24)14(9)25-10(18)5-2/h5H,2,4,6-7H2,1,3H3,(H,19,20)(H,21,22)(H,23,24). The average molecular weight is 350 g/mol. The monoisotopic (exact) mass is 350 g/mol. The second kappa shape index (κ2) is 8.09. The Balaban J connectivity index is 4.01. The molecule has 0 saturated heterocycles. The molecule has 0 fully saturated rings. The molecular formula is C17H18O8. The van der Waals surface area contributed by atoms with Crippen LogP contribution in [0.5, 0.6) is 5.75 Å². The van der Waals surface area contributed by atoms with Gasteiger partial charge in [0.1, 0.15) is 11.3 Å². The summed E-state index contributed by atoms with van der Waals surface area (Å²) in [6.45, 7) is 6.44. The summed E-state index contributed by atoms with van der Waals surface area (Å²) < 4.78 is 5.00. The van der Waals surface area contributed by atoms with Gasteiger partial charge < -0.3 is 20.1 Å². The number of hydrogen-bond donors (Lipinski definition) is 3. The molecule has 1 aromatic rings. The number of rotatable bonds is 8. The number of carboxylic acid groups (broad SMARTS) is 3. The minimum absolute atomic E-state index is 0.0511. The maximum atomic E-state index is 11.7. The minimum Gasteiger partial charge on any atom is -0.478 e. The number of benzene rings is 1. The summed E-state index contributed by atoms with van der Waals surface area (Å²) in [7, 11) is 0. The van der Waals surface area contributed by atoms with E-state index in [-0.39, 0.29) is 17.5 Å². The van der Waals surface area contributed by atoms with Crippen LogP contribution < -0.4 is 4.74 Å². The van der Waals surface area contributed by atoms with Gasteiger partial charge in [-0.3, -0.25) is 0 Å². The van der Waals surface area contributed by atoms with Gasteiger partial charge in [0.15, 0.2) is 0 Å². The van der Waals surface area contributed by atoms with E-state index in [0.717, 1.165) is 6.08 Å². The van der Waals surface area contributed by atoms with Gasteiger partial charge in [0.05, 0.1) is 11.1 Å². The van der Waals surface area contributed by atoms with Gasteiger partial charge in [-0.05, 0) is 30.9 Å². The van der Waals surface area contributed by atoms with Gasteiger partial charge in [0.25, 0.3) is 0 Å². The molecule has 25 heavy (non-hydrogen) atoms. The third-order valence-corrected chi connectivity index (χ3v) is 3.62. The Bertz CT molecular complexity index is 761. The minimum atomic E-state index is -1.74. The van der Waals surface area contributed by atoms with E-state index in [2.05, 4.69) is 6.58 Å². The molecule has 0 amide bonds. The van der Waals surface area contributed by atoms with Gasteiger partial charge in [-0.1, -0.05) is 19.9 Å². The second-order valence-corrected chi connectivity index (χ2v) is 5.20. The molecular weight excluding hydrogens is 332 g/mol. The fourth-order valence-corrected chi connectivity index (χ4v) is 2.49. The molecule has 0 aromatic heterocycles. The third-order valence-electron chi connectivity index (χ3n) is 3.62. The lowest BCUT2D eigenvalue weighted by molar-refractivity contribution is -0.129. The highest BCUT2D eigenvalue weighted by atomic mass is 16.5. The Kier molecular flexibility index (Phi) is 6.44. The first-order valence-electron chi connectivity index (χ1n) is 7.40. The zero-order valence-electron chi connectivity index (χ0n) is 13.8. The summed E-state index contributed by atoms with van der Waals surface area (Å²) in [5.74, 6) is -6.44. The molecule has 1 rings (SSSR count). The number of carbonyl (C=O) groups is 4. The van der Waals surface area contributed by atoms with Crippen LogP contribution in [0.25, 0.3) is 0 Å². The molecule has 0 saturated carbocycles. The van der Waals surface area contributed by atoms with Gasteiger partial charge in [-0.2, -0.15) is 0 Å². The van der Waals surface area contributed by atoms with Crippen molar-refractivity contribution in [3.05, 3.63) is 40.5 Å². The number of esters is 1. The van der Waals surface area contributed by atoms with E-state index in [1.54, 1.807) is 0 Å². The zero-order valence-corrected chi connectivity index (χ0v) is 13.8. The van der Waals surface area contributed by atoms with Crippen LogP contribution in [0.15, 0.2) is 12.7 Å². The molecule has 3 N–H and O–H groups in total. The Morgan fingerprint density at radius 2 is 1.52 bits per heavy atom. The van der Waals surface area contributed by atoms with Crippen LogP contribution in [0.2, 0.25) is 0 Å². The number of aromatic carboxylic acids is 3. The van der Waals surface area contributed by atoms with E-state index in [9.17, 15) is 34.5 Å². The van der Waals surface area contributed by atoms with E-state index in [0.29, 0.717) is 12.8 Å². The Labute approximate surface area is 143 Å². The second-order valence-electron chi connectivity index (χ2n) is 5.20. The van der Waals surface area contributed by atoms with Crippen LogP contribution in [-0.4, -0.2) is 39.2 Å². The smallest absolute Gasteiger partial charge is 0.340 e. The Morgan fingerprint density at radius 1 is 1.00 bits per heavy atom. The number of hydrogen-bond acceptors (Lipinski definition) is 5. The third kappa shape index (κ3) is 4.03. The highest BCUT2D eigenvalue weighted by Crippen LogP contribution is 2.36. The van der Waals surface area contributed by atoms with Crippen molar-refractivity contribution in [1.82, 2.24) is 0 Å². The summed E-state index contributed by atoms with van der Waals surface area (Å²) in [4.78, 5) is 46.4. The van der Waals surface area contributed by atoms with Crippen molar-refractivity contribution in [2.24, 2.45) is 0 Å². The first-order valence-corrected chi connectivity index (χ1v) is 7.40. The lowest BCUT2D eigenvalue weighted by Gasteiger charge is -2.19. The van der Waals surface area contributed by atoms with Gasteiger partial charge in [0, 0.05) is 6.08 Å². The summed E-state index contributed by atoms with van der Waals surface area (Å²) in [5, 5.41) is 28.2. The van der Waals surface area contributed by atoms with E-state index in [1.807, 2.05) is 6.92 Å². The summed E-state index contributed by atoms with van der Waals surface area (Å²) in [6, 6.07) is 0. The van der Waals surface area contributed by atoms with Crippen molar-refractivity contribution in [2.45, 2.75) is 33.1 Å². The Hall–Kier alpha value is -3.16. The van der Waals surface area contributed by atoms with E-state index < -0.39 is 46.3 Å². The molecule has 0 aliphatic carbocycles. The van der Waals surface area contributed by atoms with Crippen LogP contribution in [-0.2, 0) is 11.2 Å². The van der Waals surface area contributed by atoms with Crippen molar-refractivity contribution in [3.63, 3.8) is 0 Å². The molecule has 8 heteroatoms. The quantitative estimate of drug-likeness (QED) is 0.369. The van der Waals surface area contributed by atoms with Gasteiger partial charge >= 0.3 is 23.9 Å². The average Bonchev–Trinajstić information content (AvgIpc) is 2.52. The number of unbranched alkanes of at least 4 members (excludes halogenated alkanes) is 1. The molecule has 0 aliphatic rings. The highest BCUT2D eigenvalue weighted by molar-refractivity contribution is 6.12. The van der Waals surface area contributed by atoms with Crippen molar-refractivity contribution < 1.29 is 39.2 Å². The van der Waals surface area contributed by atoms with Crippen LogP contribution in [0, 0.1) is 6.92 Å². The normalized spacial score (nSPS) is 10.2. The predicted octanol–water partition coefficient (Wildman–Crippen LogP) is 2.52. The number of carboxylic acids is 3. The van der Waals surface area contributed by atoms with Crippen LogP contribution in [0.3, 0.4) is 0 Å². The van der Waals surface area contributed by atoms with Crippen molar-refractivity contribution >= 4 is 23.9 Å². The van der Waals surface area contributed by atoms with E-state index in [4.69, 9.17) is 4.74 Å². The lowest BCUT2D eigenvalue weighted by atomic mass is 9.88. The fourth-order valence-electron chi connectivity index (χ4n) is 2.49. The van der Waals surface area contributed by atoms with Crippen molar-refractivity contribution in [3.8, 4) is 5.75 Å². The molecule has 0 radical (unpaired) electrons. The highest BCUT2D eigenvalue weighted by Gasteiger charge is 2.33. The molecule has 1 aromatic carbocycles. The largest absolute Gasteiger partial charge is 0.478 e. The van der Waals surface area contributed by atoms with Crippen LogP contribution in [0.1, 0.15) is 62.0 Å². The summed E-state index contributed by atoms with van der Waals surface area (Å²) in [6.07, 6.45) is 2.29. The number of carbonyl (C=O) groups excluding carboxylic acids is 1. The lowest BCUT2D eigenvalue weighted by Crippen LogP contribution is -2.21. The van der Waals surface area contributed by atoms with E-state index >= 15 is 0 Å². The maximum Gasteiger partial charge on any atom is 0.340 e. The van der Waals surface area contributed by atoms with Gasteiger partial charge in [-0.25, -0.2) is 19.2 Å². The molecule has 0 aliphatic heterocycles. The molecule has 8 nitrogen and oxygen atoms in total. The predicted molar refractivity (Wildman–Crippen MR) is 86.5 cm³/mol. The first kappa shape index (κ1) is 19.9. The van der Waals surface area contributed by atoms with Crippen molar-refractivity contribution in [2.75, 3.05) is 0 Å². The SMILES string of the molecule is C=CC(=O)Oc1c(CCCC)c(C)c(C(=O)O)c(C(=O)O)c1C(=O)O. The zero-order chi connectivity index (χ0) is 19.3. The van der Waals surface area contributed by atoms with Gasteiger partial charge in [-0.15, -0.1) is 0 Å². The van der Waals surface area contributed by atoms with Crippen molar-refractivity contribution in [1.29, 1.82) is 0 Å². The summed E-state index contributed by atoms with van der Waals surface area (Å²) >= 11 is 0. The van der Waals surface area contributed by atoms with E-state index in [1.165, 1.54) is 6.92 Å². The molecule has 0 unspecified atom stereocenters. The Morgan fingerprint density at radius 3 is 1.92 bits per heavy atom. The van der Waals surface area contributed by atoms with Gasteiger partial charge in [0.2, 0.25) is 0 Å².